The van der Waals surface area contributed by atoms with Gasteiger partial charge in [-0.05, 0) is 43.2 Å². The number of amides is 1. The maximum Gasteiger partial charge on any atom is 0.509 e. The first kappa shape index (κ1) is 28.8. The lowest BCUT2D eigenvalue weighted by Crippen LogP contribution is -2.37. The number of hydrogen-bond acceptors (Lipinski definition) is 7. The van der Waals surface area contributed by atoms with Crippen molar-refractivity contribution in [1.82, 2.24) is 19.9 Å². The first-order chi connectivity index (χ1) is 19.4. The molecule has 0 unspecified atom stereocenters. The van der Waals surface area contributed by atoms with Crippen molar-refractivity contribution in [3.8, 4) is 11.8 Å². The number of carbonyl (C=O) groups excluding carboxylic acids is 2. The minimum absolute atomic E-state index is 0.0442. The van der Waals surface area contributed by atoms with Crippen LogP contribution in [0, 0.1) is 17.8 Å². The summed E-state index contributed by atoms with van der Waals surface area (Å²) in [6.07, 6.45) is 3.44. The van der Waals surface area contributed by atoms with E-state index in [1.165, 1.54) is 0 Å². The van der Waals surface area contributed by atoms with E-state index in [-0.39, 0.29) is 43.3 Å². The van der Waals surface area contributed by atoms with Gasteiger partial charge in [0.1, 0.15) is 6.61 Å². The number of nitrogens with zero attached hydrogens (tertiary/aromatic N) is 4. The molecule has 0 bridgehead atoms. The summed E-state index contributed by atoms with van der Waals surface area (Å²) in [5.74, 6) is 5.50. The van der Waals surface area contributed by atoms with E-state index >= 15 is 0 Å². The van der Waals surface area contributed by atoms with E-state index in [1.807, 2.05) is 74.6 Å². The van der Waals surface area contributed by atoms with Crippen LogP contribution in [0.4, 0.5) is 4.79 Å². The third-order valence-corrected chi connectivity index (χ3v) is 6.97. The Morgan fingerprint density at radius 1 is 1.05 bits per heavy atom. The minimum Gasteiger partial charge on any atom is -0.429 e. The predicted octanol–water partition coefficient (Wildman–Crippen LogP) is 4.78. The average Bonchev–Trinajstić information content (AvgIpc) is 3.64. The number of benzene rings is 2. The van der Waals surface area contributed by atoms with Gasteiger partial charge in [0.15, 0.2) is 12.3 Å². The summed E-state index contributed by atoms with van der Waals surface area (Å²) in [6.45, 7) is 4.63. The van der Waals surface area contributed by atoms with E-state index in [0.717, 1.165) is 30.4 Å². The van der Waals surface area contributed by atoms with Gasteiger partial charge in [-0.1, -0.05) is 78.7 Å². The Morgan fingerprint density at radius 3 is 2.48 bits per heavy atom. The molecule has 40 heavy (non-hydrogen) atoms. The van der Waals surface area contributed by atoms with Crippen molar-refractivity contribution < 1.29 is 23.8 Å². The zero-order valence-corrected chi connectivity index (χ0v) is 23.2. The van der Waals surface area contributed by atoms with Crippen LogP contribution in [0.1, 0.15) is 56.0 Å². The van der Waals surface area contributed by atoms with Crippen molar-refractivity contribution >= 4 is 12.1 Å². The molecule has 0 N–H and O–H groups in total. The quantitative estimate of drug-likeness (QED) is 0.268. The van der Waals surface area contributed by atoms with Crippen LogP contribution in [0.2, 0.25) is 0 Å². The maximum atomic E-state index is 13.0. The molecule has 210 valence electrons. The van der Waals surface area contributed by atoms with Crippen LogP contribution in [0.3, 0.4) is 0 Å². The topological polar surface area (TPSA) is 95.8 Å². The molecule has 2 heterocycles. The third kappa shape index (κ3) is 8.42. The highest BCUT2D eigenvalue weighted by Gasteiger charge is 2.35. The van der Waals surface area contributed by atoms with Crippen LogP contribution < -0.4 is 0 Å². The van der Waals surface area contributed by atoms with Crippen LogP contribution in [0.5, 0.6) is 0 Å². The Balaban J connectivity index is 1.18. The van der Waals surface area contributed by atoms with Gasteiger partial charge in [-0.2, -0.15) is 0 Å². The fourth-order valence-electron chi connectivity index (χ4n) is 4.73. The summed E-state index contributed by atoms with van der Waals surface area (Å²) in [6, 6.07) is 19.4. The first-order valence-corrected chi connectivity index (χ1v) is 13.6. The normalized spacial score (nSPS) is 17.8. The molecule has 1 amide bonds. The van der Waals surface area contributed by atoms with Crippen molar-refractivity contribution in [1.29, 1.82) is 0 Å². The third-order valence-electron chi connectivity index (χ3n) is 6.97. The SMILES string of the molecule is C[C@H](C[C@@H]1CC[C@H]([C@@H](C)C(=O)N(C)Cc2ccccc2)O1)n1cc(C#CCOC(=O)OCc2ccccc2)nn1. The minimum atomic E-state index is -0.774. The van der Waals surface area contributed by atoms with Gasteiger partial charge in [0.05, 0.1) is 30.4 Å². The molecule has 0 radical (unpaired) electrons. The van der Waals surface area contributed by atoms with E-state index < -0.39 is 6.16 Å². The second-order valence-corrected chi connectivity index (χ2v) is 10.1. The van der Waals surface area contributed by atoms with Crippen molar-refractivity contribution in [2.24, 2.45) is 5.92 Å². The maximum absolute atomic E-state index is 13.0. The molecule has 2 aromatic carbocycles. The molecule has 3 aromatic rings. The van der Waals surface area contributed by atoms with Gasteiger partial charge in [0.25, 0.3) is 0 Å². The van der Waals surface area contributed by atoms with Gasteiger partial charge in [-0.3, -0.25) is 4.79 Å². The highest BCUT2D eigenvalue weighted by Crippen LogP contribution is 2.31. The fraction of sp³-hybridized carbons (Fsp3) is 0.419. The molecule has 0 saturated carbocycles. The van der Waals surface area contributed by atoms with Crippen molar-refractivity contribution in [3.05, 3.63) is 83.7 Å². The second-order valence-electron chi connectivity index (χ2n) is 10.1. The molecule has 4 atom stereocenters. The van der Waals surface area contributed by atoms with Crippen molar-refractivity contribution in [3.63, 3.8) is 0 Å². The summed E-state index contributed by atoms with van der Waals surface area (Å²) < 4.78 is 18.1. The van der Waals surface area contributed by atoms with Crippen LogP contribution in [0.25, 0.3) is 0 Å². The van der Waals surface area contributed by atoms with Crippen LogP contribution in [-0.4, -0.2) is 57.8 Å². The molecule has 9 heteroatoms. The van der Waals surface area contributed by atoms with E-state index in [4.69, 9.17) is 14.2 Å². The van der Waals surface area contributed by atoms with Crippen LogP contribution >= 0.6 is 0 Å². The van der Waals surface area contributed by atoms with Crippen LogP contribution in [0.15, 0.2) is 66.9 Å². The lowest BCUT2D eigenvalue weighted by atomic mass is 9.99. The molecule has 0 aliphatic carbocycles. The van der Waals surface area contributed by atoms with Gasteiger partial charge in [-0.15, -0.1) is 5.10 Å². The molecule has 1 aromatic heterocycles. The number of hydrogen-bond donors (Lipinski definition) is 0. The van der Waals surface area contributed by atoms with Crippen LogP contribution in [-0.2, 0) is 32.2 Å². The van der Waals surface area contributed by atoms with E-state index in [0.29, 0.717) is 12.2 Å². The van der Waals surface area contributed by atoms with Gasteiger partial charge in [0, 0.05) is 13.6 Å². The molecule has 4 rings (SSSR count). The smallest absolute Gasteiger partial charge is 0.429 e. The first-order valence-electron chi connectivity index (χ1n) is 13.6. The van der Waals surface area contributed by atoms with Gasteiger partial charge in [-0.25, -0.2) is 9.48 Å². The lowest BCUT2D eigenvalue weighted by Gasteiger charge is -2.26. The fourth-order valence-corrected chi connectivity index (χ4v) is 4.73. The Labute approximate surface area is 235 Å². The number of ether oxygens (including phenoxy) is 3. The highest BCUT2D eigenvalue weighted by atomic mass is 16.7. The molecule has 1 saturated heterocycles. The second kappa shape index (κ2) is 14.3. The summed E-state index contributed by atoms with van der Waals surface area (Å²) in [5.41, 5.74) is 2.47. The number of carbonyl (C=O) groups is 2. The molecule has 1 fully saturated rings. The predicted molar refractivity (Wildman–Crippen MR) is 149 cm³/mol. The Morgan fingerprint density at radius 2 is 1.75 bits per heavy atom. The molecule has 0 spiro atoms. The summed E-state index contributed by atoms with van der Waals surface area (Å²) in [7, 11) is 1.84. The van der Waals surface area contributed by atoms with E-state index in [9.17, 15) is 9.59 Å². The standard InChI is InChI=1S/C31H36N4O5/c1-23(19-28-16-17-29(40-28)24(2)30(36)34(3)20-25-11-6-4-7-12-25)35-21-27(32-33-35)15-10-18-38-31(37)39-22-26-13-8-5-9-14-26/h4-9,11-14,21,23-24,28-29H,16-20,22H2,1-3H3/t23-,24-,28+,29-/m1/s1. The van der Waals surface area contributed by atoms with Gasteiger partial charge < -0.3 is 19.1 Å². The molecule has 9 nitrogen and oxygen atoms in total. The lowest BCUT2D eigenvalue weighted by molar-refractivity contribution is -0.139. The highest BCUT2D eigenvalue weighted by molar-refractivity contribution is 5.78. The Kier molecular flexibility index (Phi) is 10.3. The largest absolute Gasteiger partial charge is 0.509 e. The van der Waals surface area contributed by atoms with Gasteiger partial charge in [0.2, 0.25) is 5.91 Å². The van der Waals surface area contributed by atoms with Crippen molar-refractivity contribution in [2.75, 3.05) is 13.7 Å². The number of rotatable bonds is 10. The Bertz CT molecular complexity index is 1300. The zero-order chi connectivity index (χ0) is 28.3. The summed E-state index contributed by atoms with van der Waals surface area (Å²) in [5, 5.41) is 8.30. The summed E-state index contributed by atoms with van der Waals surface area (Å²) in [4.78, 5) is 26.5. The van der Waals surface area contributed by atoms with E-state index in [1.54, 1.807) is 15.8 Å². The number of aromatic nitrogens is 3. The molecular weight excluding hydrogens is 508 g/mol. The summed E-state index contributed by atoms with van der Waals surface area (Å²) >= 11 is 0. The van der Waals surface area contributed by atoms with Gasteiger partial charge >= 0.3 is 6.16 Å². The molecule has 1 aliphatic heterocycles. The monoisotopic (exact) mass is 544 g/mol. The van der Waals surface area contributed by atoms with Crippen molar-refractivity contribution in [2.45, 2.75) is 64.5 Å². The molecule has 1 aliphatic rings. The average molecular weight is 545 g/mol. The molecular formula is C31H36N4O5. The van der Waals surface area contributed by atoms with E-state index in [2.05, 4.69) is 29.1 Å². The zero-order valence-electron chi connectivity index (χ0n) is 23.2. The Hall–Kier alpha value is -4.16.